The summed E-state index contributed by atoms with van der Waals surface area (Å²) in [6.07, 6.45) is 0. The number of hydrogen-bond acceptors (Lipinski definition) is 8. The molecule has 31 heavy (non-hydrogen) atoms. The highest BCUT2D eigenvalue weighted by molar-refractivity contribution is 9.10. The van der Waals surface area contributed by atoms with Crippen LogP contribution in [0.1, 0.15) is 10.4 Å². The first-order valence-electron chi connectivity index (χ1n) is 8.93. The van der Waals surface area contributed by atoms with E-state index < -0.39 is 18.5 Å². The highest BCUT2D eigenvalue weighted by Crippen LogP contribution is 2.38. The highest BCUT2D eigenvalue weighted by atomic mass is 79.9. The van der Waals surface area contributed by atoms with Crippen molar-refractivity contribution >= 4 is 44.3 Å². The number of amides is 1. The normalized spacial score (nSPS) is 10.3. The number of carbonyl (C=O) groups excluding carboxylic acids is 2. The van der Waals surface area contributed by atoms with E-state index in [4.69, 9.17) is 18.9 Å². The molecule has 1 aromatic heterocycles. The first-order valence-corrected chi connectivity index (χ1v) is 10.6. The SMILES string of the molecule is COc1cc(C(=O)OCC(=O)Nc2nc(-c3cccc(Br)c3)cs2)cc(OC)c1OC. The lowest BCUT2D eigenvalue weighted by Crippen LogP contribution is -2.21. The molecule has 10 heteroatoms. The van der Waals surface area contributed by atoms with Gasteiger partial charge in [-0.3, -0.25) is 10.1 Å². The average molecular weight is 507 g/mol. The van der Waals surface area contributed by atoms with Crippen molar-refractivity contribution in [3.8, 4) is 28.5 Å². The van der Waals surface area contributed by atoms with Gasteiger partial charge >= 0.3 is 5.97 Å². The fourth-order valence-electron chi connectivity index (χ4n) is 2.68. The van der Waals surface area contributed by atoms with Crippen LogP contribution in [0, 0.1) is 0 Å². The Morgan fingerprint density at radius 1 is 1.06 bits per heavy atom. The van der Waals surface area contributed by atoms with Crippen molar-refractivity contribution in [2.45, 2.75) is 0 Å². The Labute approximate surface area is 191 Å². The monoisotopic (exact) mass is 506 g/mol. The van der Waals surface area contributed by atoms with Crippen LogP contribution in [-0.2, 0) is 9.53 Å². The minimum atomic E-state index is -0.705. The van der Waals surface area contributed by atoms with Crippen molar-refractivity contribution in [3.63, 3.8) is 0 Å². The van der Waals surface area contributed by atoms with Crippen molar-refractivity contribution in [1.82, 2.24) is 4.98 Å². The lowest BCUT2D eigenvalue weighted by atomic mass is 10.2. The number of nitrogens with one attached hydrogen (secondary N) is 1. The maximum absolute atomic E-state index is 12.4. The van der Waals surface area contributed by atoms with Gasteiger partial charge in [0, 0.05) is 15.4 Å². The lowest BCUT2D eigenvalue weighted by molar-refractivity contribution is -0.119. The fraction of sp³-hybridized carbons (Fsp3) is 0.190. The molecule has 0 unspecified atom stereocenters. The smallest absolute Gasteiger partial charge is 0.338 e. The minimum Gasteiger partial charge on any atom is -0.493 e. The molecule has 0 bridgehead atoms. The molecule has 1 amide bonds. The molecule has 0 fully saturated rings. The van der Waals surface area contributed by atoms with Gasteiger partial charge in [0.25, 0.3) is 5.91 Å². The molecule has 3 aromatic rings. The number of hydrogen-bond donors (Lipinski definition) is 1. The predicted molar refractivity (Wildman–Crippen MR) is 120 cm³/mol. The fourth-order valence-corrected chi connectivity index (χ4v) is 3.82. The number of ether oxygens (including phenoxy) is 4. The van der Waals surface area contributed by atoms with Gasteiger partial charge in [-0.2, -0.15) is 0 Å². The van der Waals surface area contributed by atoms with E-state index in [1.54, 1.807) is 0 Å². The Bertz CT molecular complexity index is 1080. The largest absolute Gasteiger partial charge is 0.493 e. The van der Waals surface area contributed by atoms with Crippen LogP contribution in [0.25, 0.3) is 11.3 Å². The summed E-state index contributed by atoms with van der Waals surface area (Å²) in [6, 6.07) is 10.6. The molecule has 0 aliphatic rings. The highest BCUT2D eigenvalue weighted by Gasteiger charge is 2.19. The third kappa shape index (κ3) is 5.53. The number of aromatic nitrogens is 1. The van der Waals surface area contributed by atoms with Crippen molar-refractivity contribution < 1.29 is 28.5 Å². The van der Waals surface area contributed by atoms with E-state index in [2.05, 4.69) is 26.2 Å². The third-order valence-electron chi connectivity index (χ3n) is 4.11. The van der Waals surface area contributed by atoms with Crippen LogP contribution < -0.4 is 19.5 Å². The Hall–Kier alpha value is -3.11. The summed E-state index contributed by atoms with van der Waals surface area (Å²) in [5, 5.41) is 4.87. The van der Waals surface area contributed by atoms with Gasteiger partial charge < -0.3 is 18.9 Å². The van der Waals surface area contributed by atoms with Crippen LogP contribution in [0.3, 0.4) is 0 Å². The van der Waals surface area contributed by atoms with Gasteiger partial charge in [-0.25, -0.2) is 9.78 Å². The number of thiazole rings is 1. The van der Waals surface area contributed by atoms with Crippen LogP contribution in [-0.4, -0.2) is 44.8 Å². The zero-order valence-electron chi connectivity index (χ0n) is 16.9. The van der Waals surface area contributed by atoms with Gasteiger partial charge in [0.2, 0.25) is 5.75 Å². The first kappa shape index (κ1) is 22.6. The van der Waals surface area contributed by atoms with E-state index in [1.807, 2.05) is 29.6 Å². The van der Waals surface area contributed by atoms with Crippen molar-refractivity contribution in [2.75, 3.05) is 33.3 Å². The topological polar surface area (TPSA) is 96.0 Å². The molecule has 2 aromatic carbocycles. The molecule has 8 nitrogen and oxygen atoms in total. The maximum atomic E-state index is 12.4. The zero-order valence-corrected chi connectivity index (χ0v) is 19.3. The average Bonchev–Trinajstić information content (AvgIpc) is 3.24. The number of nitrogens with zero attached hydrogens (tertiary/aromatic N) is 1. The summed E-state index contributed by atoms with van der Waals surface area (Å²) >= 11 is 4.70. The lowest BCUT2D eigenvalue weighted by Gasteiger charge is -2.13. The molecule has 0 aliphatic heterocycles. The minimum absolute atomic E-state index is 0.161. The number of esters is 1. The summed E-state index contributed by atoms with van der Waals surface area (Å²) in [5.41, 5.74) is 1.81. The molecule has 1 heterocycles. The van der Waals surface area contributed by atoms with Gasteiger partial charge in [-0.05, 0) is 24.3 Å². The van der Waals surface area contributed by atoms with E-state index in [1.165, 1.54) is 44.8 Å². The molecule has 1 N–H and O–H groups in total. The second kappa shape index (κ2) is 10.3. The van der Waals surface area contributed by atoms with Crippen LogP contribution in [0.4, 0.5) is 5.13 Å². The summed E-state index contributed by atoms with van der Waals surface area (Å²) in [6.45, 7) is -0.471. The molecular weight excluding hydrogens is 488 g/mol. The molecule has 0 radical (unpaired) electrons. The predicted octanol–water partition coefficient (Wildman–Crippen LogP) is 4.39. The summed E-state index contributed by atoms with van der Waals surface area (Å²) in [4.78, 5) is 29.0. The zero-order chi connectivity index (χ0) is 22.4. The molecule has 0 aliphatic carbocycles. The van der Waals surface area contributed by atoms with Crippen LogP contribution in [0.2, 0.25) is 0 Å². The first-order chi connectivity index (χ1) is 14.9. The molecule has 3 rings (SSSR count). The maximum Gasteiger partial charge on any atom is 0.338 e. The Kier molecular flexibility index (Phi) is 7.48. The molecule has 0 spiro atoms. The molecule has 162 valence electrons. The summed E-state index contributed by atoms with van der Waals surface area (Å²) in [7, 11) is 4.34. The third-order valence-corrected chi connectivity index (χ3v) is 5.36. The van der Waals surface area contributed by atoms with Crippen molar-refractivity contribution in [3.05, 3.63) is 51.8 Å². The van der Waals surface area contributed by atoms with Gasteiger partial charge in [0.15, 0.2) is 23.2 Å². The van der Waals surface area contributed by atoms with E-state index >= 15 is 0 Å². The van der Waals surface area contributed by atoms with E-state index in [0.717, 1.165) is 15.7 Å². The second-order valence-corrected chi connectivity index (χ2v) is 7.86. The van der Waals surface area contributed by atoms with Crippen molar-refractivity contribution in [1.29, 1.82) is 0 Å². The number of rotatable bonds is 8. The van der Waals surface area contributed by atoms with E-state index in [9.17, 15) is 9.59 Å². The number of methoxy groups -OCH3 is 3. The number of benzene rings is 2. The van der Waals surface area contributed by atoms with Crippen LogP contribution >= 0.6 is 27.3 Å². The quantitative estimate of drug-likeness (QED) is 0.452. The standard InChI is InChI=1S/C21H19BrN2O6S/c1-27-16-8-13(9-17(28-2)19(16)29-3)20(26)30-10-18(25)24-21-23-15(11-31-21)12-5-4-6-14(22)7-12/h4-9,11H,10H2,1-3H3,(H,23,24,25). The Balaban J connectivity index is 1.62. The molecule has 0 saturated carbocycles. The molecule has 0 atom stereocenters. The van der Waals surface area contributed by atoms with Gasteiger partial charge in [0.05, 0.1) is 32.6 Å². The van der Waals surface area contributed by atoms with Crippen LogP contribution in [0.5, 0.6) is 17.2 Å². The Morgan fingerprint density at radius 3 is 2.39 bits per heavy atom. The number of carbonyl (C=O) groups is 2. The summed E-state index contributed by atoms with van der Waals surface area (Å²) < 4.78 is 21.7. The van der Waals surface area contributed by atoms with Crippen LogP contribution in [0.15, 0.2) is 46.3 Å². The van der Waals surface area contributed by atoms with Gasteiger partial charge in [0.1, 0.15) is 0 Å². The molecule has 0 saturated heterocycles. The molecular formula is C21H19BrN2O6S. The Morgan fingerprint density at radius 2 is 1.77 bits per heavy atom. The van der Waals surface area contributed by atoms with E-state index in [-0.39, 0.29) is 5.56 Å². The van der Waals surface area contributed by atoms with Crippen molar-refractivity contribution in [2.24, 2.45) is 0 Å². The van der Waals surface area contributed by atoms with Gasteiger partial charge in [-0.1, -0.05) is 28.1 Å². The van der Waals surface area contributed by atoms with Gasteiger partial charge in [-0.15, -0.1) is 11.3 Å². The summed E-state index contributed by atoms with van der Waals surface area (Å²) in [5.74, 6) is -0.245. The number of halogens is 1. The second-order valence-electron chi connectivity index (χ2n) is 6.09. The van der Waals surface area contributed by atoms with E-state index in [0.29, 0.717) is 22.4 Å². The number of anilines is 1.